The van der Waals surface area contributed by atoms with Crippen molar-refractivity contribution in [3.8, 4) is 0 Å². The number of rotatable bonds is 4. The average molecular weight is 295 g/mol. The summed E-state index contributed by atoms with van der Waals surface area (Å²) in [6.45, 7) is 3.05. The molecule has 0 spiro atoms. The van der Waals surface area contributed by atoms with Crippen molar-refractivity contribution < 1.29 is 0 Å². The Morgan fingerprint density at radius 3 is 2.94 bits per heavy atom. The van der Waals surface area contributed by atoms with Crippen LogP contribution in [0.5, 0.6) is 0 Å². The molecule has 1 saturated heterocycles. The van der Waals surface area contributed by atoms with Crippen LogP contribution in [0.1, 0.15) is 30.6 Å². The first-order valence-corrected chi connectivity index (χ1v) is 7.22. The van der Waals surface area contributed by atoms with Gasteiger partial charge in [0.25, 0.3) is 0 Å². The quantitative estimate of drug-likeness (QED) is 0.920. The van der Waals surface area contributed by atoms with Crippen molar-refractivity contribution in [1.82, 2.24) is 4.90 Å². The minimum absolute atomic E-state index is 0. The molecule has 17 heavy (non-hydrogen) atoms. The van der Waals surface area contributed by atoms with Crippen LogP contribution in [0.25, 0.3) is 0 Å². The van der Waals surface area contributed by atoms with E-state index in [1.54, 1.807) is 11.3 Å². The molecule has 0 aliphatic carbocycles. The van der Waals surface area contributed by atoms with Gasteiger partial charge in [0.15, 0.2) is 0 Å². The highest BCUT2D eigenvalue weighted by Crippen LogP contribution is 2.25. The standard InChI is InChI=1S/C12H19ClN2S.ClH/c13-10-7-12(16-9-10)8-15-6-2-1-3-11(15)4-5-14;/h7,9,11H,1-6,8,14H2;1H. The van der Waals surface area contributed by atoms with Crippen LogP contribution in [-0.2, 0) is 6.54 Å². The average Bonchev–Trinajstić information content (AvgIpc) is 2.67. The SMILES string of the molecule is Cl.NCCC1CCCCN1Cc1cc(Cl)cs1. The first-order chi connectivity index (χ1) is 7.79. The van der Waals surface area contributed by atoms with Crippen LogP contribution < -0.4 is 5.73 Å². The van der Waals surface area contributed by atoms with Gasteiger partial charge in [0, 0.05) is 22.8 Å². The second-order valence-electron chi connectivity index (χ2n) is 4.43. The molecule has 0 bridgehead atoms. The molecule has 2 rings (SSSR count). The van der Waals surface area contributed by atoms with Gasteiger partial charge in [-0.15, -0.1) is 23.7 Å². The Hall–Kier alpha value is 0.200. The molecule has 1 aliphatic heterocycles. The maximum absolute atomic E-state index is 5.95. The van der Waals surface area contributed by atoms with E-state index in [2.05, 4.69) is 11.0 Å². The lowest BCUT2D eigenvalue weighted by molar-refractivity contribution is 0.135. The Morgan fingerprint density at radius 1 is 1.47 bits per heavy atom. The van der Waals surface area contributed by atoms with Crippen LogP contribution in [-0.4, -0.2) is 24.0 Å². The Morgan fingerprint density at radius 2 is 2.29 bits per heavy atom. The van der Waals surface area contributed by atoms with Crippen LogP contribution in [0, 0.1) is 0 Å². The van der Waals surface area contributed by atoms with Gasteiger partial charge in [-0.3, -0.25) is 4.90 Å². The van der Waals surface area contributed by atoms with E-state index < -0.39 is 0 Å². The topological polar surface area (TPSA) is 29.3 Å². The van der Waals surface area contributed by atoms with E-state index in [0.717, 1.165) is 24.5 Å². The summed E-state index contributed by atoms with van der Waals surface area (Å²) in [7, 11) is 0. The van der Waals surface area contributed by atoms with Crippen molar-refractivity contribution in [1.29, 1.82) is 0 Å². The number of piperidine rings is 1. The fraction of sp³-hybridized carbons (Fsp3) is 0.667. The molecule has 0 saturated carbocycles. The molecule has 1 aromatic rings. The van der Waals surface area contributed by atoms with Crippen LogP contribution in [0.3, 0.4) is 0 Å². The van der Waals surface area contributed by atoms with E-state index in [4.69, 9.17) is 17.3 Å². The summed E-state index contributed by atoms with van der Waals surface area (Å²) in [5, 5.41) is 2.88. The van der Waals surface area contributed by atoms with E-state index in [-0.39, 0.29) is 12.4 Å². The van der Waals surface area contributed by atoms with Crippen molar-refractivity contribution >= 4 is 35.3 Å². The molecule has 0 amide bonds. The maximum Gasteiger partial charge on any atom is 0.0516 e. The third-order valence-electron chi connectivity index (χ3n) is 3.23. The predicted octanol–water partition coefficient (Wildman–Crippen LogP) is 3.53. The van der Waals surface area contributed by atoms with Crippen molar-refractivity contribution in [3.05, 3.63) is 21.3 Å². The van der Waals surface area contributed by atoms with E-state index in [1.165, 1.54) is 30.7 Å². The van der Waals surface area contributed by atoms with Crippen molar-refractivity contribution in [2.24, 2.45) is 5.73 Å². The van der Waals surface area contributed by atoms with E-state index in [0.29, 0.717) is 6.04 Å². The number of hydrogen-bond donors (Lipinski definition) is 1. The molecule has 98 valence electrons. The molecule has 2 heterocycles. The fourth-order valence-electron chi connectivity index (χ4n) is 2.42. The van der Waals surface area contributed by atoms with Crippen molar-refractivity contribution in [3.63, 3.8) is 0 Å². The summed E-state index contributed by atoms with van der Waals surface area (Å²) in [6, 6.07) is 2.76. The molecule has 1 atom stereocenters. The maximum atomic E-state index is 5.95. The molecular formula is C12H20Cl2N2S. The van der Waals surface area contributed by atoms with Gasteiger partial charge in [0.05, 0.1) is 5.02 Å². The van der Waals surface area contributed by atoms with Gasteiger partial charge in [0.1, 0.15) is 0 Å². The number of nitrogens with two attached hydrogens (primary N) is 1. The Bertz CT molecular complexity index is 328. The normalized spacial score (nSPS) is 21.2. The van der Waals surface area contributed by atoms with Crippen LogP contribution in [0.15, 0.2) is 11.4 Å². The van der Waals surface area contributed by atoms with E-state index in [1.807, 2.05) is 5.38 Å². The summed E-state index contributed by atoms with van der Waals surface area (Å²) in [5.74, 6) is 0. The van der Waals surface area contributed by atoms with Gasteiger partial charge < -0.3 is 5.73 Å². The summed E-state index contributed by atoms with van der Waals surface area (Å²) >= 11 is 7.71. The highest BCUT2D eigenvalue weighted by atomic mass is 35.5. The molecule has 2 nitrogen and oxygen atoms in total. The van der Waals surface area contributed by atoms with E-state index >= 15 is 0 Å². The lowest BCUT2D eigenvalue weighted by atomic mass is 9.99. The van der Waals surface area contributed by atoms with Gasteiger partial charge in [0.2, 0.25) is 0 Å². The van der Waals surface area contributed by atoms with Gasteiger partial charge in [-0.05, 0) is 38.4 Å². The van der Waals surface area contributed by atoms with Crippen molar-refractivity contribution in [2.75, 3.05) is 13.1 Å². The van der Waals surface area contributed by atoms with Gasteiger partial charge in [-0.1, -0.05) is 18.0 Å². The van der Waals surface area contributed by atoms with Gasteiger partial charge in [-0.25, -0.2) is 0 Å². The molecule has 1 fully saturated rings. The fourth-order valence-corrected chi connectivity index (χ4v) is 3.52. The molecule has 2 N–H and O–H groups in total. The first kappa shape index (κ1) is 15.3. The predicted molar refractivity (Wildman–Crippen MR) is 78.3 cm³/mol. The Labute approximate surface area is 119 Å². The van der Waals surface area contributed by atoms with Crippen LogP contribution >= 0.6 is 35.3 Å². The molecule has 1 aliphatic rings. The highest BCUT2D eigenvalue weighted by molar-refractivity contribution is 7.10. The first-order valence-electron chi connectivity index (χ1n) is 5.96. The number of hydrogen-bond acceptors (Lipinski definition) is 3. The smallest absolute Gasteiger partial charge is 0.0516 e. The summed E-state index contributed by atoms with van der Waals surface area (Å²) in [5.41, 5.74) is 5.67. The van der Waals surface area contributed by atoms with Gasteiger partial charge in [-0.2, -0.15) is 0 Å². The number of halogens is 2. The minimum Gasteiger partial charge on any atom is -0.330 e. The molecule has 0 radical (unpaired) electrons. The second kappa shape index (κ2) is 7.59. The molecule has 1 aromatic heterocycles. The summed E-state index contributed by atoms with van der Waals surface area (Å²) < 4.78 is 0. The number of thiophene rings is 1. The molecule has 1 unspecified atom stereocenters. The van der Waals surface area contributed by atoms with E-state index in [9.17, 15) is 0 Å². The number of likely N-dealkylation sites (tertiary alicyclic amines) is 1. The Balaban J connectivity index is 0.00000144. The molecule has 5 heteroatoms. The zero-order chi connectivity index (χ0) is 11.4. The molecular weight excluding hydrogens is 275 g/mol. The number of nitrogens with zero attached hydrogens (tertiary/aromatic N) is 1. The van der Waals surface area contributed by atoms with Crippen molar-refractivity contribution in [2.45, 2.75) is 38.3 Å². The summed E-state index contributed by atoms with van der Waals surface area (Å²) in [4.78, 5) is 3.94. The lowest BCUT2D eigenvalue weighted by Gasteiger charge is -2.35. The third kappa shape index (κ3) is 4.42. The lowest BCUT2D eigenvalue weighted by Crippen LogP contribution is -2.39. The highest BCUT2D eigenvalue weighted by Gasteiger charge is 2.21. The zero-order valence-electron chi connectivity index (χ0n) is 9.90. The third-order valence-corrected chi connectivity index (χ3v) is 4.50. The Kier molecular flexibility index (Phi) is 6.82. The summed E-state index contributed by atoms with van der Waals surface area (Å²) in [6.07, 6.45) is 5.10. The second-order valence-corrected chi connectivity index (χ2v) is 5.86. The van der Waals surface area contributed by atoms with Gasteiger partial charge >= 0.3 is 0 Å². The zero-order valence-corrected chi connectivity index (χ0v) is 12.3. The van der Waals surface area contributed by atoms with Crippen LogP contribution in [0.2, 0.25) is 5.02 Å². The minimum atomic E-state index is 0. The largest absolute Gasteiger partial charge is 0.330 e. The van der Waals surface area contributed by atoms with Crippen LogP contribution in [0.4, 0.5) is 0 Å². The molecule has 0 aromatic carbocycles. The monoisotopic (exact) mass is 294 g/mol.